The van der Waals surface area contributed by atoms with E-state index < -0.39 is 0 Å². The van der Waals surface area contributed by atoms with Crippen molar-refractivity contribution in [3.05, 3.63) is 45.8 Å². The van der Waals surface area contributed by atoms with Gasteiger partial charge in [-0.15, -0.1) is 0 Å². The molecule has 3 aromatic rings. The van der Waals surface area contributed by atoms with E-state index >= 15 is 0 Å². The van der Waals surface area contributed by atoms with Gasteiger partial charge in [-0.1, -0.05) is 0 Å². The maximum absolute atomic E-state index is 11.1. The molecule has 0 saturated heterocycles. The summed E-state index contributed by atoms with van der Waals surface area (Å²) in [5, 5.41) is 0. The van der Waals surface area contributed by atoms with Crippen molar-refractivity contribution in [3.8, 4) is 18.6 Å². The SMILES string of the molecule is O=Cc1cc(-c2ccc[se]2)sc1-c1ccc[se]1. The molecule has 0 fully saturated rings. The van der Waals surface area contributed by atoms with Crippen molar-refractivity contribution in [3.63, 3.8) is 0 Å². The number of hydrogen-bond donors (Lipinski definition) is 0. The predicted octanol–water partition coefficient (Wildman–Crippen LogP) is 3.01. The fourth-order valence-corrected chi connectivity index (χ4v) is 6.40. The van der Waals surface area contributed by atoms with Gasteiger partial charge in [0.1, 0.15) is 0 Å². The third-order valence-electron chi connectivity index (χ3n) is 2.40. The summed E-state index contributed by atoms with van der Waals surface area (Å²) in [6.45, 7) is 0. The second kappa shape index (κ2) is 4.93. The molecule has 1 nitrogen and oxygen atoms in total. The molecule has 0 atom stereocenters. The van der Waals surface area contributed by atoms with Gasteiger partial charge in [0.25, 0.3) is 0 Å². The van der Waals surface area contributed by atoms with Crippen molar-refractivity contribution in [2.45, 2.75) is 0 Å². The quantitative estimate of drug-likeness (QED) is 0.512. The van der Waals surface area contributed by atoms with E-state index in [1.54, 1.807) is 11.3 Å². The Bertz CT molecular complexity index is 620. The fourth-order valence-electron chi connectivity index (χ4n) is 1.63. The molecule has 0 aliphatic rings. The fraction of sp³-hybridized carbons (Fsp3) is 0. The molecule has 0 amide bonds. The van der Waals surface area contributed by atoms with Crippen LogP contribution in [0, 0.1) is 0 Å². The number of carbonyl (C=O) groups excluding carboxylic acids is 1. The Balaban J connectivity index is 2.13. The summed E-state index contributed by atoms with van der Waals surface area (Å²) in [6, 6.07) is 10.5. The molecule has 4 heteroatoms. The van der Waals surface area contributed by atoms with E-state index in [0.717, 1.165) is 11.8 Å². The second-order valence-corrected chi connectivity index (χ2v) is 8.50. The molecule has 0 aliphatic carbocycles. The van der Waals surface area contributed by atoms with Crippen molar-refractivity contribution >= 4 is 46.6 Å². The number of hydrogen-bond acceptors (Lipinski definition) is 2. The number of aldehydes is 1. The Hall–Kier alpha value is -0.631. The van der Waals surface area contributed by atoms with Gasteiger partial charge in [-0.2, -0.15) is 0 Å². The molecule has 17 heavy (non-hydrogen) atoms. The Morgan fingerprint density at radius 3 is 2.35 bits per heavy atom. The van der Waals surface area contributed by atoms with Crippen LogP contribution in [0.25, 0.3) is 18.6 Å². The molecule has 0 saturated carbocycles. The zero-order chi connectivity index (χ0) is 11.7. The van der Waals surface area contributed by atoms with Crippen LogP contribution < -0.4 is 0 Å². The Kier molecular flexibility index (Phi) is 3.32. The molecule has 3 aromatic heterocycles. The van der Waals surface area contributed by atoms with Crippen LogP contribution in [-0.2, 0) is 0 Å². The summed E-state index contributed by atoms with van der Waals surface area (Å²) in [5.74, 6) is 0. The van der Waals surface area contributed by atoms with Crippen LogP contribution in [0.5, 0.6) is 0 Å². The van der Waals surface area contributed by atoms with Crippen molar-refractivity contribution in [2.75, 3.05) is 0 Å². The van der Waals surface area contributed by atoms with E-state index in [1.807, 2.05) is 6.07 Å². The van der Waals surface area contributed by atoms with Gasteiger partial charge < -0.3 is 0 Å². The van der Waals surface area contributed by atoms with Crippen molar-refractivity contribution in [2.24, 2.45) is 0 Å². The molecule has 0 aromatic carbocycles. The van der Waals surface area contributed by atoms with Gasteiger partial charge in [0.15, 0.2) is 0 Å². The van der Waals surface area contributed by atoms with E-state index in [2.05, 4.69) is 34.1 Å². The van der Waals surface area contributed by atoms with E-state index in [9.17, 15) is 4.79 Å². The van der Waals surface area contributed by atoms with E-state index in [0.29, 0.717) is 29.0 Å². The first-order valence-electron chi connectivity index (χ1n) is 5.05. The Morgan fingerprint density at radius 2 is 1.76 bits per heavy atom. The molecule has 0 radical (unpaired) electrons. The van der Waals surface area contributed by atoms with Crippen LogP contribution in [-0.4, -0.2) is 35.3 Å². The standard InChI is InChI=1S/C13H8OSSe2/c14-8-9-7-10(11-3-1-5-16-11)15-13(9)12-4-2-6-17-12/h1-8H. The van der Waals surface area contributed by atoms with Crippen LogP contribution in [0.4, 0.5) is 0 Å². The predicted molar refractivity (Wildman–Crippen MR) is 74.5 cm³/mol. The average Bonchev–Trinajstić information content (AvgIpc) is 3.09. The summed E-state index contributed by atoms with van der Waals surface area (Å²) >= 11 is 2.60. The van der Waals surface area contributed by atoms with Gasteiger partial charge in [-0.25, -0.2) is 0 Å². The molecule has 3 heterocycles. The van der Waals surface area contributed by atoms with E-state index in [4.69, 9.17) is 0 Å². The number of carbonyl (C=O) groups is 1. The van der Waals surface area contributed by atoms with Gasteiger partial charge in [-0.05, 0) is 0 Å². The molecule has 0 aliphatic heterocycles. The second-order valence-electron chi connectivity index (χ2n) is 3.47. The van der Waals surface area contributed by atoms with Crippen LogP contribution in [0.1, 0.15) is 10.4 Å². The first kappa shape index (κ1) is 11.5. The zero-order valence-electron chi connectivity index (χ0n) is 8.75. The molecule has 0 spiro atoms. The molecule has 0 N–H and O–H groups in total. The van der Waals surface area contributed by atoms with E-state index in [1.165, 1.54) is 18.6 Å². The average molecular weight is 370 g/mol. The van der Waals surface area contributed by atoms with Crippen LogP contribution in [0.3, 0.4) is 0 Å². The van der Waals surface area contributed by atoms with Gasteiger partial charge in [-0.3, -0.25) is 0 Å². The third-order valence-corrected chi connectivity index (χ3v) is 7.95. The first-order chi connectivity index (χ1) is 8.38. The van der Waals surface area contributed by atoms with Crippen molar-refractivity contribution < 1.29 is 4.79 Å². The topological polar surface area (TPSA) is 17.1 Å². The zero-order valence-corrected chi connectivity index (χ0v) is 13.0. The number of thiophene rings is 1. The van der Waals surface area contributed by atoms with Crippen LogP contribution >= 0.6 is 11.3 Å². The monoisotopic (exact) mass is 372 g/mol. The minimum atomic E-state index is 0.396. The molecule has 0 bridgehead atoms. The van der Waals surface area contributed by atoms with Crippen LogP contribution in [0.15, 0.2) is 40.2 Å². The molecule has 0 unspecified atom stereocenters. The van der Waals surface area contributed by atoms with Gasteiger partial charge in [0.05, 0.1) is 0 Å². The maximum atomic E-state index is 11.1. The van der Waals surface area contributed by atoms with Gasteiger partial charge in [0.2, 0.25) is 0 Å². The summed E-state index contributed by atoms with van der Waals surface area (Å²) in [5.41, 5.74) is 0.852. The normalized spacial score (nSPS) is 10.6. The summed E-state index contributed by atoms with van der Waals surface area (Å²) in [6.07, 6.45) is 0.987. The minimum absolute atomic E-state index is 0.396. The van der Waals surface area contributed by atoms with Gasteiger partial charge in [0, 0.05) is 0 Å². The summed E-state index contributed by atoms with van der Waals surface area (Å²) in [4.78, 5) is 18.0. The van der Waals surface area contributed by atoms with Crippen molar-refractivity contribution in [1.29, 1.82) is 0 Å². The third kappa shape index (κ3) is 2.20. The van der Waals surface area contributed by atoms with E-state index in [-0.39, 0.29) is 0 Å². The summed E-state index contributed by atoms with van der Waals surface area (Å²) in [7, 11) is 0. The Morgan fingerprint density at radius 1 is 1.06 bits per heavy atom. The molecule has 84 valence electrons. The van der Waals surface area contributed by atoms with Crippen molar-refractivity contribution in [1.82, 2.24) is 0 Å². The molecular weight excluding hydrogens is 362 g/mol. The van der Waals surface area contributed by atoms with Crippen LogP contribution in [0.2, 0.25) is 0 Å². The van der Waals surface area contributed by atoms with Gasteiger partial charge >= 0.3 is 116 Å². The summed E-state index contributed by atoms with van der Waals surface area (Å²) < 4.78 is 2.71. The Labute approximate surface area is 115 Å². The number of rotatable bonds is 3. The molecular formula is C13H8OSSe2. The molecule has 3 rings (SSSR count). The first-order valence-corrected chi connectivity index (χ1v) is 9.56.